The Morgan fingerprint density at radius 3 is 2.30 bits per heavy atom. The van der Waals surface area contributed by atoms with E-state index in [1.54, 1.807) is 4.57 Å². The molecular weight excluding hydrogens is 442 g/mol. The van der Waals surface area contributed by atoms with Gasteiger partial charge in [0.25, 0.3) is 5.91 Å². The second-order valence-electron chi connectivity index (χ2n) is 7.10. The summed E-state index contributed by atoms with van der Waals surface area (Å²) in [7, 11) is 1.23. The summed E-state index contributed by atoms with van der Waals surface area (Å²) < 4.78 is 59.3. The first-order valence-electron chi connectivity index (χ1n) is 9.60. The summed E-state index contributed by atoms with van der Waals surface area (Å²) in [5, 5.41) is 3.54. The van der Waals surface area contributed by atoms with E-state index >= 15 is 0 Å². The number of aromatic nitrogens is 1. The highest BCUT2D eigenvalue weighted by molar-refractivity contribution is 5.99. The molecule has 0 radical (unpaired) electrons. The van der Waals surface area contributed by atoms with E-state index in [1.165, 1.54) is 25.3 Å². The number of rotatable bonds is 5. The second-order valence-corrected chi connectivity index (χ2v) is 7.10. The van der Waals surface area contributed by atoms with Crippen molar-refractivity contribution in [3.8, 4) is 5.69 Å². The van der Waals surface area contributed by atoms with Crippen molar-refractivity contribution < 1.29 is 31.9 Å². The Labute approximate surface area is 186 Å². The molecule has 1 amide bonds. The first-order valence-corrected chi connectivity index (χ1v) is 9.60. The minimum absolute atomic E-state index is 0.0950. The molecule has 1 N–H and O–H groups in total. The van der Waals surface area contributed by atoms with Crippen molar-refractivity contribution in [1.82, 2.24) is 9.99 Å². The fourth-order valence-electron chi connectivity index (χ4n) is 3.31. The zero-order valence-electron chi connectivity index (χ0n) is 17.8. The molecule has 0 atom stereocenters. The van der Waals surface area contributed by atoms with Gasteiger partial charge in [0, 0.05) is 22.5 Å². The number of halogens is 4. The summed E-state index contributed by atoms with van der Waals surface area (Å²) in [5.74, 6) is -2.22. The lowest BCUT2D eigenvalue weighted by atomic mass is 10.1. The number of carbonyl (C=O) groups excluding carboxylic acids is 2. The number of nitrogens with one attached hydrogen (secondary N) is 1. The molecule has 10 heteroatoms. The van der Waals surface area contributed by atoms with Crippen LogP contribution in [0.4, 0.5) is 17.6 Å². The molecule has 0 aliphatic heterocycles. The predicted octanol–water partition coefficient (Wildman–Crippen LogP) is 4.80. The fraction of sp³-hybridized carbons (Fsp3) is 0.174. The van der Waals surface area contributed by atoms with Crippen molar-refractivity contribution in [2.24, 2.45) is 5.10 Å². The number of amides is 1. The molecule has 0 aliphatic carbocycles. The summed E-state index contributed by atoms with van der Waals surface area (Å²) in [6.45, 7) is 3.64. The number of hydrogen-bond acceptors (Lipinski definition) is 4. The lowest BCUT2D eigenvalue weighted by Crippen LogP contribution is -2.19. The molecule has 0 saturated heterocycles. The normalized spacial score (nSPS) is 11.6. The third-order valence-corrected chi connectivity index (χ3v) is 4.87. The average Bonchev–Trinajstić information content (AvgIpc) is 3.09. The molecule has 0 saturated carbocycles. The van der Waals surface area contributed by atoms with Gasteiger partial charge in [-0.2, -0.15) is 18.3 Å². The molecule has 0 unspecified atom stereocenters. The zero-order chi connectivity index (χ0) is 24.3. The largest absolute Gasteiger partial charge is 0.465 e. The molecule has 3 aromatic rings. The van der Waals surface area contributed by atoms with Gasteiger partial charge in [0.05, 0.1) is 30.1 Å². The third kappa shape index (κ3) is 5.11. The first-order chi connectivity index (χ1) is 15.5. The second kappa shape index (κ2) is 9.27. The molecule has 2 aromatic carbocycles. The molecule has 0 spiro atoms. The monoisotopic (exact) mass is 461 g/mol. The van der Waals surface area contributed by atoms with Crippen LogP contribution >= 0.6 is 0 Å². The van der Waals surface area contributed by atoms with Crippen molar-refractivity contribution in [3.05, 3.63) is 88.0 Å². The standard InChI is InChI=1S/C23H19F4N3O3/c1-13-4-5-14(2)30(13)20-11-15(6-8-18(20)22(32)33-3)21(31)29-28-12-16-10-17(24)7-9-19(16)23(25,26)27/h4-12H,1-3H3,(H,29,31). The molecule has 0 aliphatic rings. The summed E-state index contributed by atoms with van der Waals surface area (Å²) in [6.07, 6.45) is -4.00. The van der Waals surface area contributed by atoms with Crippen LogP contribution in [0.25, 0.3) is 5.69 Å². The number of esters is 1. The highest BCUT2D eigenvalue weighted by Gasteiger charge is 2.33. The minimum atomic E-state index is -4.72. The Bertz CT molecular complexity index is 1230. The van der Waals surface area contributed by atoms with Crippen LogP contribution < -0.4 is 5.43 Å². The lowest BCUT2D eigenvalue weighted by molar-refractivity contribution is -0.137. The van der Waals surface area contributed by atoms with Crippen LogP contribution in [0.2, 0.25) is 0 Å². The van der Waals surface area contributed by atoms with Crippen LogP contribution in [0.1, 0.15) is 43.2 Å². The fourth-order valence-corrected chi connectivity index (χ4v) is 3.31. The van der Waals surface area contributed by atoms with E-state index in [9.17, 15) is 27.2 Å². The Kier molecular flexibility index (Phi) is 6.66. The minimum Gasteiger partial charge on any atom is -0.465 e. The lowest BCUT2D eigenvalue weighted by Gasteiger charge is -2.15. The number of hydrazone groups is 1. The summed E-state index contributed by atoms with van der Waals surface area (Å²) in [6, 6.07) is 9.84. The highest BCUT2D eigenvalue weighted by Crippen LogP contribution is 2.31. The number of carbonyl (C=O) groups is 2. The number of methoxy groups -OCH3 is 1. The van der Waals surface area contributed by atoms with Crippen LogP contribution in [0.5, 0.6) is 0 Å². The molecule has 172 valence electrons. The molecule has 0 fully saturated rings. The predicted molar refractivity (Wildman–Crippen MR) is 113 cm³/mol. The molecule has 1 aromatic heterocycles. The molecule has 6 nitrogen and oxygen atoms in total. The van der Waals surface area contributed by atoms with E-state index < -0.39 is 35.0 Å². The number of hydrogen-bond donors (Lipinski definition) is 1. The first kappa shape index (κ1) is 23.7. The van der Waals surface area contributed by atoms with Gasteiger partial charge in [-0.05, 0) is 62.4 Å². The van der Waals surface area contributed by atoms with Gasteiger partial charge in [-0.15, -0.1) is 0 Å². The Morgan fingerprint density at radius 2 is 1.70 bits per heavy atom. The number of aryl methyl sites for hydroxylation is 2. The third-order valence-electron chi connectivity index (χ3n) is 4.87. The number of ether oxygens (including phenoxy) is 1. The number of alkyl halides is 3. The molecular formula is C23H19F4N3O3. The van der Waals surface area contributed by atoms with E-state index in [1.807, 2.05) is 26.0 Å². The van der Waals surface area contributed by atoms with Gasteiger partial charge in [0.1, 0.15) is 5.82 Å². The van der Waals surface area contributed by atoms with Gasteiger partial charge in [0.2, 0.25) is 0 Å². The number of nitrogens with zero attached hydrogens (tertiary/aromatic N) is 2. The summed E-state index contributed by atoms with van der Waals surface area (Å²) in [5.41, 5.74) is 2.81. The van der Waals surface area contributed by atoms with Crippen molar-refractivity contribution in [2.45, 2.75) is 20.0 Å². The van der Waals surface area contributed by atoms with Crippen molar-refractivity contribution in [1.29, 1.82) is 0 Å². The highest BCUT2D eigenvalue weighted by atomic mass is 19.4. The maximum Gasteiger partial charge on any atom is 0.417 e. The average molecular weight is 461 g/mol. The van der Waals surface area contributed by atoms with Crippen LogP contribution in [0, 0.1) is 19.7 Å². The Morgan fingerprint density at radius 1 is 1.03 bits per heavy atom. The van der Waals surface area contributed by atoms with Crippen molar-refractivity contribution in [3.63, 3.8) is 0 Å². The summed E-state index contributed by atoms with van der Waals surface area (Å²) in [4.78, 5) is 24.8. The van der Waals surface area contributed by atoms with E-state index in [0.29, 0.717) is 30.1 Å². The molecule has 0 bridgehead atoms. The molecule has 33 heavy (non-hydrogen) atoms. The van der Waals surface area contributed by atoms with Crippen molar-refractivity contribution >= 4 is 18.1 Å². The van der Waals surface area contributed by atoms with Gasteiger partial charge in [-0.1, -0.05) is 0 Å². The van der Waals surface area contributed by atoms with Crippen LogP contribution in [-0.2, 0) is 10.9 Å². The molecule has 3 rings (SSSR count). The van der Waals surface area contributed by atoms with Gasteiger partial charge < -0.3 is 9.30 Å². The Balaban J connectivity index is 1.92. The van der Waals surface area contributed by atoms with Crippen molar-refractivity contribution in [2.75, 3.05) is 7.11 Å². The van der Waals surface area contributed by atoms with Gasteiger partial charge in [0.15, 0.2) is 0 Å². The van der Waals surface area contributed by atoms with E-state index in [0.717, 1.165) is 11.4 Å². The quantitative estimate of drug-likeness (QED) is 0.257. The number of benzene rings is 2. The van der Waals surface area contributed by atoms with Gasteiger partial charge >= 0.3 is 12.1 Å². The Hall–Kier alpha value is -3.95. The van der Waals surface area contributed by atoms with Gasteiger partial charge in [-0.25, -0.2) is 14.6 Å². The van der Waals surface area contributed by atoms with E-state index in [-0.39, 0.29) is 11.1 Å². The van der Waals surface area contributed by atoms with E-state index in [2.05, 4.69) is 10.5 Å². The van der Waals surface area contributed by atoms with Crippen LogP contribution in [0.3, 0.4) is 0 Å². The maximum atomic E-state index is 13.4. The smallest absolute Gasteiger partial charge is 0.417 e. The molecule has 1 heterocycles. The zero-order valence-corrected chi connectivity index (χ0v) is 17.8. The topological polar surface area (TPSA) is 72.7 Å². The SMILES string of the molecule is COC(=O)c1ccc(C(=O)NN=Cc2cc(F)ccc2C(F)(F)F)cc1-n1c(C)ccc1C. The maximum absolute atomic E-state index is 13.4. The van der Waals surface area contributed by atoms with Crippen LogP contribution in [0.15, 0.2) is 53.6 Å². The van der Waals surface area contributed by atoms with Gasteiger partial charge in [-0.3, -0.25) is 4.79 Å². The summed E-state index contributed by atoms with van der Waals surface area (Å²) >= 11 is 0. The van der Waals surface area contributed by atoms with E-state index in [4.69, 9.17) is 4.74 Å². The van der Waals surface area contributed by atoms with Crippen LogP contribution in [-0.4, -0.2) is 29.8 Å².